The van der Waals surface area contributed by atoms with Gasteiger partial charge >= 0.3 is 0 Å². The molecule has 1 aliphatic carbocycles. The van der Waals surface area contributed by atoms with Crippen LogP contribution in [0.5, 0.6) is 0 Å². The highest BCUT2D eigenvalue weighted by molar-refractivity contribution is 6.30. The van der Waals surface area contributed by atoms with Gasteiger partial charge in [-0.15, -0.1) is 0 Å². The van der Waals surface area contributed by atoms with E-state index in [2.05, 4.69) is 109 Å². The van der Waals surface area contributed by atoms with Crippen LogP contribution in [0, 0.1) is 0 Å². The van der Waals surface area contributed by atoms with E-state index < -0.39 is 0 Å². The van der Waals surface area contributed by atoms with Crippen molar-refractivity contribution < 1.29 is 0 Å². The molecule has 0 atom stereocenters. The zero-order valence-electron chi connectivity index (χ0n) is 16.4. The van der Waals surface area contributed by atoms with E-state index in [1.54, 1.807) is 0 Å². The zero-order valence-corrected chi connectivity index (χ0v) is 16.4. The first-order valence-electron chi connectivity index (χ1n) is 10.5. The van der Waals surface area contributed by atoms with E-state index in [4.69, 9.17) is 0 Å². The molecule has 0 fully saturated rings. The van der Waals surface area contributed by atoms with Crippen molar-refractivity contribution in [1.29, 1.82) is 0 Å². The van der Waals surface area contributed by atoms with Gasteiger partial charge in [0.2, 0.25) is 0 Å². The molecule has 138 valence electrons. The second kappa shape index (κ2) is 5.81. The molecule has 0 radical (unpaired) electrons. The molecular formula is C30H18. The lowest BCUT2D eigenvalue weighted by Crippen LogP contribution is -1.90. The van der Waals surface area contributed by atoms with Crippen LogP contribution in [-0.2, 0) is 0 Å². The molecule has 0 heteroatoms. The van der Waals surface area contributed by atoms with Gasteiger partial charge in [-0.1, -0.05) is 109 Å². The predicted molar refractivity (Wildman–Crippen MR) is 129 cm³/mol. The third kappa shape index (κ3) is 1.96. The maximum atomic E-state index is 2.29. The normalized spacial score (nSPS) is 12.0. The molecule has 0 bridgehead atoms. The smallest absolute Gasteiger partial charge is 0.000764 e. The van der Waals surface area contributed by atoms with E-state index in [1.165, 1.54) is 65.7 Å². The molecule has 0 nitrogen and oxygen atoms in total. The van der Waals surface area contributed by atoms with E-state index in [-0.39, 0.29) is 0 Å². The standard InChI is InChI=1S/C30H18/c1-2-11-20-19(9-1)10-7-16-23(20)28-24-14-5-3-12-21(24)25-17-8-18-26-22-13-4-6-15-27(22)30(28)29(25)26/h1-18H. The van der Waals surface area contributed by atoms with Crippen molar-refractivity contribution in [2.75, 3.05) is 0 Å². The second-order valence-corrected chi connectivity index (χ2v) is 8.10. The Labute approximate surface area is 175 Å². The van der Waals surface area contributed by atoms with Crippen molar-refractivity contribution in [1.82, 2.24) is 0 Å². The van der Waals surface area contributed by atoms with E-state index in [9.17, 15) is 0 Å². The van der Waals surface area contributed by atoms with Gasteiger partial charge in [-0.25, -0.2) is 0 Å². The molecule has 0 N–H and O–H groups in total. The quantitative estimate of drug-likeness (QED) is 0.251. The van der Waals surface area contributed by atoms with Crippen LogP contribution >= 0.6 is 0 Å². The van der Waals surface area contributed by atoms with Crippen molar-refractivity contribution in [3.63, 3.8) is 0 Å². The molecule has 30 heavy (non-hydrogen) atoms. The summed E-state index contributed by atoms with van der Waals surface area (Å²) < 4.78 is 0. The molecule has 0 aromatic heterocycles. The number of fused-ring (bicyclic) bond motifs is 6. The van der Waals surface area contributed by atoms with Crippen LogP contribution in [0.3, 0.4) is 0 Å². The van der Waals surface area contributed by atoms with Crippen LogP contribution in [0.25, 0.3) is 65.7 Å². The summed E-state index contributed by atoms with van der Waals surface area (Å²) in [4.78, 5) is 0. The SMILES string of the molecule is c1ccc2c(c1)-c1cccc3c1c-2c(-c1cccc2ccccc12)c1ccccc13. The fraction of sp³-hybridized carbons (Fsp3) is 0. The molecule has 0 unspecified atom stereocenters. The first kappa shape index (κ1) is 16.0. The highest BCUT2D eigenvalue weighted by Gasteiger charge is 2.27. The zero-order chi connectivity index (χ0) is 19.7. The van der Waals surface area contributed by atoms with Gasteiger partial charge in [-0.05, 0) is 65.7 Å². The fourth-order valence-electron chi connectivity index (χ4n) is 5.39. The number of benzene rings is 6. The van der Waals surface area contributed by atoms with Crippen molar-refractivity contribution in [2.24, 2.45) is 0 Å². The molecule has 1 aliphatic rings. The first-order valence-corrected chi connectivity index (χ1v) is 10.5. The lowest BCUT2D eigenvalue weighted by molar-refractivity contribution is 1.68. The van der Waals surface area contributed by atoms with Crippen LogP contribution in [0.2, 0.25) is 0 Å². The minimum absolute atomic E-state index is 1.28. The van der Waals surface area contributed by atoms with Gasteiger partial charge in [0.15, 0.2) is 0 Å². The van der Waals surface area contributed by atoms with Gasteiger partial charge in [0, 0.05) is 0 Å². The molecule has 6 aromatic rings. The number of hydrogen-bond acceptors (Lipinski definition) is 0. The lowest BCUT2D eigenvalue weighted by atomic mass is 9.85. The van der Waals surface area contributed by atoms with Crippen molar-refractivity contribution in [3.8, 4) is 33.4 Å². The Morgan fingerprint density at radius 1 is 0.300 bits per heavy atom. The minimum atomic E-state index is 1.28. The Balaban J connectivity index is 1.79. The van der Waals surface area contributed by atoms with E-state index >= 15 is 0 Å². The van der Waals surface area contributed by atoms with E-state index in [1.807, 2.05) is 0 Å². The van der Waals surface area contributed by atoms with E-state index in [0.29, 0.717) is 0 Å². The van der Waals surface area contributed by atoms with Crippen molar-refractivity contribution >= 4 is 32.3 Å². The van der Waals surface area contributed by atoms with Crippen molar-refractivity contribution in [2.45, 2.75) is 0 Å². The summed E-state index contributed by atoms with van der Waals surface area (Å²) in [5, 5.41) is 7.98. The van der Waals surface area contributed by atoms with Gasteiger partial charge in [-0.2, -0.15) is 0 Å². The average molecular weight is 378 g/mol. The molecule has 7 rings (SSSR count). The average Bonchev–Trinajstić information content (AvgIpc) is 3.15. The molecule has 0 saturated heterocycles. The predicted octanol–water partition coefficient (Wildman–Crippen LogP) is 8.46. The Hall–Kier alpha value is -3.90. The summed E-state index contributed by atoms with van der Waals surface area (Å²) in [6.07, 6.45) is 0. The number of hydrogen-bond donors (Lipinski definition) is 0. The Morgan fingerprint density at radius 3 is 1.77 bits per heavy atom. The summed E-state index contributed by atoms with van der Waals surface area (Å²) in [5.41, 5.74) is 8.09. The highest BCUT2D eigenvalue weighted by atomic mass is 14.3. The van der Waals surface area contributed by atoms with Crippen molar-refractivity contribution in [3.05, 3.63) is 109 Å². The van der Waals surface area contributed by atoms with E-state index in [0.717, 1.165) is 0 Å². The monoisotopic (exact) mass is 378 g/mol. The Kier molecular flexibility index (Phi) is 3.09. The van der Waals surface area contributed by atoms with Crippen LogP contribution in [-0.4, -0.2) is 0 Å². The van der Waals surface area contributed by atoms with Crippen LogP contribution in [0.4, 0.5) is 0 Å². The molecule has 0 aliphatic heterocycles. The van der Waals surface area contributed by atoms with Gasteiger partial charge in [0.25, 0.3) is 0 Å². The molecule has 6 aromatic carbocycles. The summed E-state index contributed by atoms with van der Waals surface area (Å²) in [6, 6.07) is 39.9. The third-order valence-corrected chi connectivity index (χ3v) is 6.60. The van der Waals surface area contributed by atoms with Gasteiger partial charge in [0.1, 0.15) is 0 Å². The van der Waals surface area contributed by atoms with Crippen LogP contribution in [0.1, 0.15) is 0 Å². The third-order valence-electron chi connectivity index (χ3n) is 6.60. The largest absolute Gasteiger partial charge is 0.0616 e. The first-order chi connectivity index (χ1) is 14.9. The van der Waals surface area contributed by atoms with Crippen LogP contribution in [0.15, 0.2) is 109 Å². The maximum absolute atomic E-state index is 2.29. The molecule has 0 heterocycles. The Bertz CT molecular complexity index is 1630. The van der Waals surface area contributed by atoms with Gasteiger partial charge in [-0.3, -0.25) is 0 Å². The molecule has 0 saturated carbocycles. The summed E-state index contributed by atoms with van der Waals surface area (Å²) in [7, 11) is 0. The van der Waals surface area contributed by atoms with Gasteiger partial charge in [0.05, 0.1) is 0 Å². The summed E-state index contributed by atoms with van der Waals surface area (Å²) in [5.74, 6) is 0. The molecule has 0 amide bonds. The highest BCUT2D eigenvalue weighted by Crippen LogP contribution is 2.54. The topological polar surface area (TPSA) is 0 Å². The maximum Gasteiger partial charge on any atom is -0.000764 e. The minimum Gasteiger partial charge on any atom is -0.0616 e. The molecular weight excluding hydrogens is 360 g/mol. The van der Waals surface area contributed by atoms with Crippen LogP contribution < -0.4 is 0 Å². The van der Waals surface area contributed by atoms with Gasteiger partial charge < -0.3 is 0 Å². The number of rotatable bonds is 1. The molecule has 0 spiro atoms. The summed E-state index contributed by atoms with van der Waals surface area (Å²) in [6.45, 7) is 0. The fourth-order valence-corrected chi connectivity index (χ4v) is 5.39. The summed E-state index contributed by atoms with van der Waals surface area (Å²) >= 11 is 0. The Morgan fingerprint density at radius 2 is 0.867 bits per heavy atom. The second-order valence-electron chi connectivity index (χ2n) is 8.10. The lowest BCUT2D eigenvalue weighted by Gasteiger charge is -2.17.